The molecule has 0 aliphatic heterocycles. The Balaban J connectivity index is 1.59. The van der Waals surface area contributed by atoms with Crippen LogP contribution in [0.4, 0.5) is 0 Å². The van der Waals surface area contributed by atoms with E-state index in [1.165, 1.54) is 11.1 Å². The van der Waals surface area contributed by atoms with Crippen LogP contribution in [0.3, 0.4) is 0 Å². The second-order valence-electron chi connectivity index (χ2n) is 6.36. The summed E-state index contributed by atoms with van der Waals surface area (Å²) in [7, 11) is 0. The molecule has 0 spiro atoms. The van der Waals surface area contributed by atoms with E-state index in [-0.39, 0.29) is 0 Å². The van der Waals surface area contributed by atoms with Crippen molar-refractivity contribution in [1.82, 2.24) is 24.1 Å². The Morgan fingerprint density at radius 2 is 1.96 bits per heavy atom. The van der Waals surface area contributed by atoms with Crippen molar-refractivity contribution in [3.8, 4) is 11.4 Å². The van der Waals surface area contributed by atoms with Crippen LogP contribution in [0.15, 0.2) is 53.9 Å². The van der Waals surface area contributed by atoms with Crippen LogP contribution in [0.5, 0.6) is 0 Å². The van der Waals surface area contributed by atoms with E-state index in [0.29, 0.717) is 0 Å². The van der Waals surface area contributed by atoms with Gasteiger partial charge in [-0.3, -0.25) is 0 Å². The standard InChI is InChI=1S/C20H21N5S/c1-4-25-19(16-9-5-7-14(2)11-16)22-23-20(25)26-13-17-12-24-10-6-8-15(3)18(24)21-17/h5-12H,4,13H2,1-3H3. The molecule has 3 heterocycles. The molecule has 0 bridgehead atoms. The fourth-order valence-electron chi connectivity index (χ4n) is 3.09. The number of aryl methyl sites for hydroxylation is 2. The van der Waals surface area contributed by atoms with Crippen molar-refractivity contribution in [2.24, 2.45) is 0 Å². The van der Waals surface area contributed by atoms with Crippen molar-refractivity contribution in [3.63, 3.8) is 0 Å². The van der Waals surface area contributed by atoms with Gasteiger partial charge in [0, 0.05) is 30.3 Å². The summed E-state index contributed by atoms with van der Waals surface area (Å²) in [6, 6.07) is 12.5. The van der Waals surface area contributed by atoms with E-state index in [2.05, 4.69) is 76.5 Å². The summed E-state index contributed by atoms with van der Waals surface area (Å²) in [6.45, 7) is 7.14. The van der Waals surface area contributed by atoms with Gasteiger partial charge in [0.1, 0.15) is 5.65 Å². The number of rotatable bonds is 5. The number of imidazole rings is 1. The van der Waals surface area contributed by atoms with Crippen molar-refractivity contribution in [2.75, 3.05) is 0 Å². The van der Waals surface area contributed by atoms with Gasteiger partial charge < -0.3 is 8.97 Å². The highest BCUT2D eigenvalue weighted by atomic mass is 32.2. The Morgan fingerprint density at radius 3 is 2.73 bits per heavy atom. The summed E-state index contributed by atoms with van der Waals surface area (Å²) in [5, 5.41) is 9.78. The van der Waals surface area contributed by atoms with Crippen LogP contribution >= 0.6 is 11.8 Å². The number of benzene rings is 1. The zero-order chi connectivity index (χ0) is 18.1. The molecular weight excluding hydrogens is 342 g/mol. The third-order valence-corrected chi connectivity index (χ3v) is 5.39. The smallest absolute Gasteiger partial charge is 0.191 e. The van der Waals surface area contributed by atoms with Crippen molar-refractivity contribution >= 4 is 17.4 Å². The number of hydrogen-bond donors (Lipinski definition) is 0. The van der Waals surface area contributed by atoms with Crippen LogP contribution in [0, 0.1) is 13.8 Å². The summed E-state index contributed by atoms with van der Waals surface area (Å²) in [6.07, 6.45) is 4.12. The Morgan fingerprint density at radius 1 is 1.08 bits per heavy atom. The molecule has 132 valence electrons. The molecule has 5 nitrogen and oxygen atoms in total. The lowest BCUT2D eigenvalue weighted by Gasteiger charge is -2.07. The topological polar surface area (TPSA) is 48.0 Å². The van der Waals surface area contributed by atoms with Crippen molar-refractivity contribution in [2.45, 2.75) is 38.2 Å². The summed E-state index contributed by atoms with van der Waals surface area (Å²) in [4.78, 5) is 4.74. The normalized spacial score (nSPS) is 11.3. The molecule has 0 aliphatic rings. The van der Waals surface area contributed by atoms with Gasteiger partial charge >= 0.3 is 0 Å². The predicted octanol–water partition coefficient (Wildman–Crippen LogP) is 4.52. The first-order valence-electron chi connectivity index (χ1n) is 8.72. The lowest BCUT2D eigenvalue weighted by molar-refractivity contribution is 0.687. The van der Waals surface area contributed by atoms with Gasteiger partial charge in [-0.05, 0) is 38.5 Å². The maximum absolute atomic E-state index is 4.74. The van der Waals surface area contributed by atoms with Gasteiger partial charge in [-0.15, -0.1) is 10.2 Å². The monoisotopic (exact) mass is 363 g/mol. The molecule has 0 aliphatic carbocycles. The highest BCUT2D eigenvalue weighted by Gasteiger charge is 2.14. The van der Waals surface area contributed by atoms with Gasteiger partial charge in [-0.1, -0.05) is 41.6 Å². The summed E-state index contributed by atoms with van der Waals surface area (Å²) in [5.41, 5.74) is 5.58. The Labute approximate surface area is 157 Å². The quantitative estimate of drug-likeness (QED) is 0.489. The zero-order valence-corrected chi connectivity index (χ0v) is 16.0. The fourth-order valence-corrected chi connectivity index (χ4v) is 3.98. The number of aromatic nitrogens is 5. The number of nitrogens with zero attached hydrogens (tertiary/aromatic N) is 5. The van der Waals surface area contributed by atoms with Gasteiger partial charge in [0.15, 0.2) is 11.0 Å². The minimum Gasteiger partial charge on any atom is -0.307 e. The summed E-state index contributed by atoms with van der Waals surface area (Å²) in [5.74, 6) is 1.69. The van der Waals surface area contributed by atoms with Crippen LogP contribution in [0.1, 0.15) is 23.7 Å². The SMILES string of the molecule is CCn1c(SCc2cn3cccc(C)c3n2)nnc1-c1cccc(C)c1. The predicted molar refractivity (Wildman–Crippen MR) is 105 cm³/mol. The van der Waals surface area contributed by atoms with Gasteiger partial charge in [-0.2, -0.15) is 0 Å². The van der Waals surface area contributed by atoms with Gasteiger partial charge in [-0.25, -0.2) is 4.98 Å². The maximum atomic E-state index is 4.74. The van der Waals surface area contributed by atoms with Crippen LogP contribution in [-0.2, 0) is 12.3 Å². The van der Waals surface area contributed by atoms with E-state index in [9.17, 15) is 0 Å². The van der Waals surface area contributed by atoms with E-state index < -0.39 is 0 Å². The molecule has 0 unspecified atom stereocenters. The van der Waals surface area contributed by atoms with Crippen molar-refractivity contribution in [3.05, 3.63) is 65.6 Å². The van der Waals surface area contributed by atoms with Crippen LogP contribution < -0.4 is 0 Å². The second-order valence-corrected chi connectivity index (χ2v) is 7.31. The van der Waals surface area contributed by atoms with Crippen LogP contribution in [0.25, 0.3) is 17.0 Å². The highest BCUT2D eigenvalue weighted by Crippen LogP contribution is 2.27. The second kappa shape index (κ2) is 6.96. The molecule has 0 saturated carbocycles. The van der Waals surface area contributed by atoms with Gasteiger partial charge in [0.25, 0.3) is 0 Å². The van der Waals surface area contributed by atoms with E-state index in [1.54, 1.807) is 11.8 Å². The molecule has 6 heteroatoms. The summed E-state index contributed by atoms with van der Waals surface area (Å²) >= 11 is 1.68. The molecule has 0 fully saturated rings. The van der Waals surface area contributed by atoms with Crippen molar-refractivity contribution in [1.29, 1.82) is 0 Å². The molecule has 3 aromatic heterocycles. The Hall–Kier alpha value is -2.60. The highest BCUT2D eigenvalue weighted by molar-refractivity contribution is 7.98. The van der Waals surface area contributed by atoms with E-state index in [0.717, 1.165) is 40.2 Å². The van der Waals surface area contributed by atoms with E-state index in [1.807, 2.05) is 12.3 Å². The average molecular weight is 363 g/mol. The Kier molecular flexibility index (Phi) is 4.51. The Bertz CT molecular complexity index is 1060. The van der Waals surface area contributed by atoms with Crippen LogP contribution in [0.2, 0.25) is 0 Å². The molecule has 0 amide bonds. The third kappa shape index (κ3) is 3.12. The molecule has 26 heavy (non-hydrogen) atoms. The molecule has 0 N–H and O–H groups in total. The fraction of sp³-hybridized carbons (Fsp3) is 0.250. The number of thioether (sulfide) groups is 1. The molecule has 0 atom stereocenters. The van der Waals surface area contributed by atoms with Gasteiger partial charge in [0.05, 0.1) is 5.69 Å². The van der Waals surface area contributed by atoms with Crippen LogP contribution in [-0.4, -0.2) is 24.1 Å². The third-order valence-electron chi connectivity index (χ3n) is 4.39. The number of fused-ring (bicyclic) bond motifs is 1. The largest absolute Gasteiger partial charge is 0.307 e. The summed E-state index contributed by atoms with van der Waals surface area (Å²) < 4.78 is 4.24. The first kappa shape index (κ1) is 16.8. The zero-order valence-electron chi connectivity index (χ0n) is 15.2. The first-order chi connectivity index (χ1) is 12.7. The number of hydrogen-bond acceptors (Lipinski definition) is 4. The maximum Gasteiger partial charge on any atom is 0.191 e. The molecule has 4 rings (SSSR count). The minimum atomic E-state index is 0.771. The molecule has 0 saturated heterocycles. The van der Waals surface area contributed by atoms with E-state index in [4.69, 9.17) is 4.98 Å². The van der Waals surface area contributed by atoms with E-state index >= 15 is 0 Å². The molecular formula is C20H21N5S. The molecule has 1 aromatic carbocycles. The lowest BCUT2D eigenvalue weighted by atomic mass is 10.1. The molecule has 0 radical (unpaired) electrons. The first-order valence-corrected chi connectivity index (χ1v) is 9.70. The minimum absolute atomic E-state index is 0.771. The number of pyridine rings is 1. The average Bonchev–Trinajstić information content (AvgIpc) is 3.24. The van der Waals surface area contributed by atoms with Crippen molar-refractivity contribution < 1.29 is 0 Å². The van der Waals surface area contributed by atoms with Gasteiger partial charge in [0.2, 0.25) is 0 Å². The molecule has 4 aromatic rings. The lowest BCUT2D eigenvalue weighted by Crippen LogP contribution is -2.00.